The highest BCUT2D eigenvalue weighted by Gasteiger charge is 2.15. The number of nitrogens with one attached hydrogen (secondary N) is 1. The van der Waals surface area contributed by atoms with E-state index in [1.165, 1.54) is 24.3 Å². The molecular formula is C21H24ClNO5S. The Bertz CT molecular complexity index is 925. The van der Waals surface area contributed by atoms with Crippen molar-refractivity contribution < 1.29 is 22.7 Å². The molecule has 29 heavy (non-hydrogen) atoms. The summed E-state index contributed by atoms with van der Waals surface area (Å²) >= 11 is 5.74. The Morgan fingerprint density at radius 1 is 1.03 bits per heavy atom. The number of carbonyl (C=O) groups excluding carboxylic acids is 2. The van der Waals surface area contributed by atoms with Gasteiger partial charge < -0.3 is 4.74 Å². The molecule has 0 saturated carbocycles. The molecule has 0 fully saturated rings. The van der Waals surface area contributed by atoms with Gasteiger partial charge in [0.25, 0.3) is 0 Å². The first kappa shape index (κ1) is 23.1. The van der Waals surface area contributed by atoms with Crippen LogP contribution in [0.25, 0.3) is 0 Å². The number of aryl methyl sites for hydroxylation is 1. The average Bonchev–Trinajstić information content (AvgIpc) is 2.71. The maximum absolute atomic E-state index is 12.1. The Morgan fingerprint density at radius 3 is 2.31 bits per heavy atom. The summed E-state index contributed by atoms with van der Waals surface area (Å²) in [5, 5.41) is 0.424. The summed E-state index contributed by atoms with van der Waals surface area (Å²) in [5.41, 5.74) is 1.63. The van der Waals surface area contributed by atoms with Gasteiger partial charge in [0.1, 0.15) is 0 Å². The number of rotatable bonds is 11. The summed E-state index contributed by atoms with van der Waals surface area (Å²) in [4.78, 5) is 24.0. The highest BCUT2D eigenvalue weighted by molar-refractivity contribution is 7.89. The first-order chi connectivity index (χ1) is 13.8. The molecule has 0 aliphatic heterocycles. The number of sulfonamides is 1. The molecule has 2 rings (SSSR count). The van der Waals surface area contributed by atoms with Crippen molar-refractivity contribution in [1.82, 2.24) is 4.72 Å². The third-order valence-electron chi connectivity index (χ3n) is 4.20. The SMILES string of the molecule is CCCCc1ccc(C(=O)COC(=O)CCNS(=O)(=O)c2ccc(Cl)cc2)cc1. The van der Waals surface area contributed by atoms with E-state index in [4.69, 9.17) is 16.3 Å². The van der Waals surface area contributed by atoms with Gasteiger partial charge in [0.15, 0.2) is 12.4 Å². The Hall–Kier alpha value is -2.22. The molecule has 1 N–H and O–H groups in total. The molecular weight excluding hydrogens is 414 g/mol. The van der Waals surface area contributed by atoms with Crippen LogP contribution < -0.4 is 4.72 Å². The highest BCUT2D eigenvalue weighted by Crippen LogP contribution is 2.14. The molecule has 0 aliphatic carbocycles. The fourth-order valence-corrected chi connectivity index (χ4v) is 3.68. The van der Waals surface area contributed by atoms with E-state index < -0.39 is 16.0 Å². The van der Waals surface area contributed by atoms with Crippen molar-refractivity contribution in [2.45, 2.75) is 37.5 Å². The summed E-state index contributed by atoms with van der Waals surface area (Å²) in [6, 6.07) is 12.9. The van der Waals surface area contributed by atoms with Crippen molar-refractivity contribution >= 4 is 33.4 Å². The van der Waals surface area contributed by atoms with Gasteiger partial charge in [-0.2, -0.15) is 0 Å². The molecule has 2 aromatic rings. The van der Waals surface area contributed by atoms with Crippen molar-refractivity contribution in [3.63, 3.8) is 0 Å². The zero-order valence-corrected chi connectivity index (χ0v) is 17.8. The molecule has 0 atom stereocenters. The van der Waals surface area contributed by atoms with Gasteiger partial charge in [-0.15, -0.1) is 0 Å². The second kappa shape index (κ2) is 11.1. The van der Waals surface area contributed by atoms with Gasteiger partial charge in [0.2, 0.25) is 10.0 Å². The van der Waals surface area contributed by atoms with Crippen molar-refractivity contribution in [2.75, 3.05) is 13.2 Å². The van der Waals surface area contributed by atoms with Crippen LogP contribution in [-0.4, -0.2) is 33.3 Å². The molecule has 0 radical (unpaired) electrons. The van der Waals surface area contributed by atoms with Crippen molar-refractivity contribution in [1.29, 1.82) is 0 Å². The second-order valence-corrected chi connectivity index (χ2v) is 8.69. The standard InChI is InChI=1S/C21H24ClNO5S/c1-2-3-4-16-5-7-17(8-6-16)20(24)15-28-21(25)13-14-23-29(26,27)19-11-9-18(22)10-12-19/h5-12,23H,2-4,13-15H2,1H3. The van der Waals surface area contributed by atoms with E-state index in [1.54, 1.807) is 12.1 Å². The van der Waals surface area contributed by atoms with E-state index in [9.17, 15) is 18.0 Å². The predicted octanol–water partition coefficient (Wildman–Crippen LogP) is 3.78. The Morgan fingerprint density at radius 2 is 1.69 bits per heavy atom. The Labute approximate surface area is 176 Å². The smallest absolute Gasteiger partial charge is 0.307 e. The van der Waals surface area contributed by atoms with E-state index in [0.717, 1.165) is 24.8 Å². The minimum absolute atomic E-state index is 0.0489. The molecule has 0 unspecified atom stereocenters. The number of hydrogen-bond acceptors (Lipinski definition) is 5. The van der Waals surface area contributed by atoms with Crippen LogP contribution in [0.5, 0.6) is 0 Å². The Kier molecular flexibility index (Phi) is 8.82. The molecule has 0 spiro atoms. The predicted molar refractivity (Wildman–Crippen MR) is 112 cm³/mol. The third-order valence-corrected chi connectivity index (χ3v) is 5.93. The van der Waals surface area contributed by atoms with Gasteiger partial charge in [0.05, 0.1) is 11.3 Å². The van der Waals surface area contributed by atoms with E-state index in [1.807, 2.05) is 12.1 Å². The van der Waals surface area contributed by atoms with Gasteiger partial charge in [-0.3, -0.25) is 9.59 Å². The molecule has 2 aromatic carbocycles. The maximum atomic E-state index is 12.1. The summed E-state index contributed by atoms with van der Waals surface area (Å²) in [5.74, 6) is -0.959. The molecule has 6 nitrogen and oxygen atoms in total. The lowest BCUT2D eigenvalue weighted by Crippen LogP contribution is -2.27. The number of esters is 1. The number of carbonyl (C=O) groups is 2. The van der Waals surface area contributed by atoms with Gasteiger partial charge in [-0.05, 0) is 42.7 Å². The van der Waals surface area contributed by atoms with Crippen LogP contribution in [0.4, 0.5) is 0 Å². The molecule has 8 heteroatoms. The Balaban J connectivity index is 1.75. The molecule has 0 heterocycles. The summed E-state index contributed by atoms with van der Waals surface area (Å²) in [6.45, 7) is 1.61. The first-order valence-corrected chi connectivity index (χ1v) is 11.2. The van der Waals surface area contributed by atoms with Gasteiger partial charge in [-0.25, -0.2) is 13.1 Å². The number of ketones is 1. The lowest BCUT2D eigenvalue weighted by molar-refractivity contribution is -0.142. The maximum Gasteiger partial charge on any atom is 0.307 e. The summed E-state index contributed by atoms with van der Waals surface area (Å²) in [6.07, 6.45) is 2.97. The third kappa shape index (κ3) is 7.61. The number of ether oxygens (including phenoxy) is 1. The fraction of sp³-hybridized carbons (Fsp3) is 0.333. The number of benzene rings is 2. The van der Waals surface area contributed by atoms with Crippen LogP contribution >= 0.6 is 11.6 Å². The van der Waals surface area contributed by atoms with E-state index in [-0.39, 0.29) is 30.3 Å². The van der Waals surface area contributed by atoms with Crippen LogP contribution in [0.15, 0.2) is 53.4 Å². The minimum atomic E-state index is -3.74. The lowest BCUT2D eigenvalue weighted by Gasteiger charge is -2.08. The van der Waals surface area contributed by atoms with Crippen LogP contribution in [0.2, 0.25) is 5.02 Å². The minimum Gasteiger partial charge on any atom is -0.457 e. The van der Waals surface area contributed by atoms with Gasteiger partial charge in [-0.1, -0.05) is 49.2 Å². The number of Topliss-reactive ketones (excluding diaryl/α,β-unsaturated/α-hetero) is 1. The normalized spacial score (nSPS) is 11.2. The quantitative estimate of drug-likeness (QED) is 0.427. The lowest BCUT2D eigenvalue weighted by atomic mass is 10.0. The largest absolute Gasteiger partial charge is 0.457 e. The van der Waals surface area contributed by atoms with E-state index >= 15 is 0 Å². The topological polar surface area (TPSA) is 89.5 Å². The van der Waals surface area contributed by atoms with E-state index in [0.29, 0.717) is 10.6 Å². The molecule has 0 aliphatic rings. The van der Waals surface area contributed by atoms with Gasteiger partial charge >= 0.3 is 5.97 Å². The number of halogens is 1. The number of hydrogen-bond donors (Lipinski definition) is 1. The monoisotopic (exact) mass is 437 g/mol. The van der Waals surface area contributed by atoms with Crippen molar-refractivity contribution in [2.24, 2.45) is 0 Å². The van der Waals surface area contributed by atoms with Crippen LogP contribution in [0, 0.1) is 0 Å². The van der Waals surface area contributed by atoms with Crippen LogP contribution in [-0.2, 0) is 26.0 Å². The highest BCUT2D eigenvalue weighted by atomic mass is 35.5. The zero-order chi connectivity index (χ0) is 21.3. The van der Waals surface area contributed by atoms with Crippen molar-refractivity contribution in [3.8, 4) is 0 Å². The molecule has 0 saturated heterocycles. The van der Waals surface area contributed by atoms with Gasteiger partial charge in [0, 0.05) is 17.1 Å². The second-order valence-electron chi connectivity index (χ2n) is 6.49. The average molecular weight is 438 g/mol. The molecule has 0 aromatic heterocycles. The summed E-state index contributed by atoms with van der Waals surface area (Å²) < 4.78 is 31.5. The first-order valence-electron chi connectivity index (χ1n) is 9.35. The number of unbranched alkanes of at least 4 members (excludes halogenated alkanes) is 1. The van der Waals surface area contributed by atoms with Crippen LogP contribution in [0.3, 0.4) is 0 Å². The van der Waals surface area contributed by atoms with E-state index in [2.05, 4.69) is 11.6 Å². The fourth-order valence-electron chi connectivity index (χ4n) is 2.52. The van der Waals surface area contributed by atoms with Crippen molar-refractivity contribution in [3.05, 3.63) is 64.7 Å². The molecule has 0 amide bonds. The molecule has 156 valence electrons. The summed E-state index contributed by atoms with van der Waals surface area (Å²) in [7, 11) is -3.74. The zero-order valence-electron chi connectivity index (χ0n) is 16.2. The molecule has 0 bridgehead atoms. The van der Waals surface area contributed by atoms with Crippen LogP contribution in [0.1, 0.15) is 42.1 Å².